The Morgan fingerprint density at radius 2 is 2.00 bits per heavy atom. The molecular weight excluding hydrogens is 100 g/mol. The Hall–Kier alpha value is -0.720. The van der Waals surface area contributed by atoms with Crippen molar-refractivity contribution in [1.82, 2.24) is 0 Å². The molecule has 1 heteroatoms. The van der Waals surface area contributed by atoms with Gasteiger partial charge in [-0.05, 0) is 19.4 Å². The lowest BCUT2D eigenvalue weighted by Gasteiger charge is -1.95. The Kier molecular flexibility index (Phi) is 3.01. The number of ether oxygens (including phenoxy) is 1. The summed E-state index contributed by atoms with van der Waals surface area (Å²) in [6.45, 7) is 7.64. The zero-order valence-electron chi connectivity index (χ0n) is 5.69. The average molecular weight is 112 g/mol. The lowest BCUT2D eigenvalue weighted by molar-refractivity contribution is 0.334. The summed E-state index contributed by atoms with van der Waals surface area (Å²) < 4.78 is 4.74. The monoisotopic (exact) mass is 112 g/mol. The summed E-state index contributed by atoms with van der Waals surface area (Å²) in [5.74, 6) is 0. The molecule has 0 saturated heterocycles. The summed E-state index contributed by atoms with van der Waals surface area (Å²) in [6.07, 6.45) is 1.68. The van der Waals surface area contributed by atoms with Gasteiger partial charge < -0.3 is 4.74 Å². The zero-order valence-corrected chi connectivity index (χ0v) is 5.69. The van der Waals surface area contributed by atoms with Crippen LogP contribution in [-0.2, 0) is 4.74 Å². The number of rotatable bonds is 2. The molecule has 46 valence electrons. The second-order valence-corrected chi connectivity index (χ2v) is 1.82. The quantitative estimate of drug-likeness (QED) is 0.392. The summed E-state index contributed by atoms with van der Waals surface area (Å²) in [4.78, 5) is 0. The molecule has 0 bridgehead atoms. The van der Waals surface area contributed by atoms with Crippen LogP contribution < -0.4 is 0 Å². The van der Waals surface area contributed by atoms with E-state index >= 15 is 0 Å². The van der Waals surface area contributed by atoms with Crippen LogP contribution in [0.15, 0.2) is 24.0 Å². The summed E-state index contributed by atoms with van der Waals surface area (Å²) in [7, 11) is 1.63. The molecule has 0 aromatic rings. The van der Waals surface area contributed by atoms with E-state index in [1.54, 1.807) is 13.4 Å². The van der Waals surface area contributed by atoms with Crippen LogP contribution in [0.3, 0.4) is 0 Å². The molecule has 0 atom stereocenters. The minimum Gasteiger partial charge on any atom is -0.504 e. The first-order chi connectivity index (χ1) is 3.68. The van der Waals surface area contributed by atoms with Crippen LogP contribution in [0.4, 0.5) is 0 Å². The van der Waals surface area contributed by atoms with E-state index in [0.717, 1.165) is 11.1 Å². The lowest BCUT2D eigenvalue weighted by Crippen LogP contribution is -1.76. The summed E-state index contributed by atoms with van der Waals surface area (Å²) in [5, 5.41) is 0. The third-order valence-corrected chi connectivity index (χ3v) is 0.968. The Labute approximate surface area is 50.7 Å². The first kappa shape index (κ1) is 7.28. The van der Waals surface area contributed by atoms with Gasteiger partial charge in [0.05, 0.1) is 13.4 Å². The molecule has 0 N–H and O–H groups in total. The van der Waals surface area contributed by atoms with Crippen LogP contribution in [-0.4, -0.2) is 7.11 Å². The highest BCUT2D eigenvalue weighted by atomic mass is 16.5. The molecule has 0 fully saturated rings. The number of allylic oxidation sites excluding steroid dienone is 2. The summed E-state index contributed by atoms with van der Waals surface area (Å²) >= 11 is 0. The van der Waals surface area contributed by atoms with Crippen molar-refractivity contribution in [3.63, 3.8) is 0 Å². The van der Waals surface area contributed by atoms with Crippen molar-refractivity contribution in [2.45, 2.75) is 13.8 Å². The van der Waals surface area contributed by atoms with Gasteiger partial charge in [0.15, 0.2) is 0 Å². The highest BCUT2D eigenvalue weighted by molar-refractivity contribution is 5.21. The van der Waals surface area contributed by atoms with Gasteiger partial charge in [0.2, 0.25) is 0 Å². The summed E-state index contributed by atoms with van der Waals surface area (Å²) in [6, 6.07) is 0. The molecular formula is C7H12O. The molecule has 0 aliphatic carbocycles. The van der Waals surface area contributed by atoms with Crippen molar-refractivity contribution >= 4 is 0 Å². The molecule has 0 radical (unpaired) electrons. The summed E-state index contributed by atoms with van der Waals surface area (Å²) in [5.41, 5.74) is 2.14. The first-order valence-electron chi connectivity index (χ1n) is 2.54. The third kappa shape index (κ3) is 2.45. The second-order valence-electron chi connectivity index (χ2n) is 1.82. The number of methoxy groups -OCH3 is 1. The van der Waals surface area contributed by atoms with Crippen LogP contribution >= 0.6 is 0 Å². The van der Waals surface area contributed by atoms with Crippen molar-refractivity contribution in [2.24, 2.45) is 0 Å². The van der Waals surface area contributed by atoms with Crippen LogP contribution in [0, 0.1) is 0 Å². The molecule has 0 heterocycles. The van der Waals surface area contributed by atoms with Crippen molar-refractivity contribution in [3.8, 4) is 0 Å². The fourth-order valence-corrected chi connectivity index (χ4v) is 0.277. The van der Waals surface area contributed by atoms with E-state index in [2.05, 4.69) is 6.58 Å². The maximum Gasteiger partial charge on any atom is 0.0856 e. The fourth-order valence-electron chi connectivity index (χ4n) is 0.277. The molecule has 0 spiro atoms. The second kappa shape index (κ2) is 3.30. The Morgan fingerprint density at radius 3 is 2.12 bits per heavy atom. The minimum atomic E-state index is 1.05. The normalized spacial score (nSPS) is 11.1. The largest absolute Gasteiger partial charge is 0.504 e. The van der Waals surface area contributed by atoms with Gasteiger partial charge in [-0.3, -0.25) is 0 Å². The van der Waals surface area contributed by atoms with Crippen LogP contribution in [0.1, 0.15) is 13.8 Å². The number of hydrogen-bond donors (Lipinski definition) is 0. The molecule has 0 aromatic carbocycles. The van der Waals surface area contributed by atoms with E-state index in [4.69, 9.17) is 4.74 Å². The van der Waals surface area contributed by atoms with E-state index < -0.39 is 0 Å². The maximum absolute atomic E-state index is 4.74. The van der Waals surface area contributed by atoms with Crippen molar-refractivity contribution in [2.75, 3.05) is 7.11 Å². The van der Waals surface area contributed by atoms with Gasteiger partial charge in [-0.25, -0.2) is 0 Å². The van der Waals surface area contributed by atoms with Crippen molar-refractivity contribution < 1.29 is 4.74 Å². The minimum absolute atomic E-state index is 1.05. The Morgan fingerprint density at radius 1 is 1.50 bits per heavy atom. The highest BCUT2D eigenvalue weighted by Gasteiger charge is 1.85. The smallest absolute Gasteiger partial charge is 0.0856 e. The van der Waals surface area contributed by atoms with Crippen LogP contribution in [0.25, 0.3) is 0 Å². The van der Waals surface area contributed by atoms with E-state index in [9.17, 15) is 0 Å². The first-order valence-corrected chi connectivity index (χ1v) is 2.54. The lowest BCUT2D eigenvalue weighted by atomic mass is 10.2. The predicted molar refractivity (Wildman–Crippen MR) is 35.6 cm³/mol. The van der Waals surface area contributed by atoms with Gasteiger partial charge in [-0.1, -0.05) is 12.2 Å². The van der Waals surface area contributed by atoms with Gasteiger partial charge >= 0.3 is 0 Å². The molecule has 8 heavy (non-hydrogen) atoms. The topological polar surface area (TPSA) is 9.23 Å². The molecule has 0 aromatic heterocycles. The van der Waals surface area contributed by atoms with Gasteiger partial charge in [0.25, 0.3) is 0 Å². The molecule has 0 aliphatic heterocycles. The molecule has 0 unspecified atom stereocenters. The molecule has 0 amide bonds. The van der Waals surface area contributed by atoms with Gasteiger partial charge in [0, 0.05) is 0 Å². The molecule has 1 nitrogen and oxygen atoms in total. The van der Waals surface area contributed by atoms with Crippen LogP contribution in [0.2, 0.25) is 0 Å². The van der Waals surface area contributed by atoms with Crippen molar-refractivity contribution in [1.29, 1.82) is 0 Å². The van der Waals surface area contributed by atoms with E-state index in [-0.39, 0.29) is 0 Å². The van der Waals surface area contributed by atoms with Crippen molar-refractivity contribution in [3.05, 3.63) is 24.0 Å². The molecule has 0 rings (SSSR count). The molecule has 0 aliphatic rings. The van der Waals surface area contributed by atoms with Gasteiger partial charge in [0.1, 0.15) is 0 Å². The van der Waals surface area contributed by atoms with E-state index in [0.29, 0.717) is 0 Å². The van der Waals surface area contributed by atoms with E-state index in [1.165, 1.54) is 0 Å². The molecule has 0 saturated carbocycles. The number of hydrogen-bond acceptors (Lipinski definition) is 1. The Bertz CT molecular complexity index is 112. The van der Waals surface area contributed by atoms with Gasteiger partial charge in [-0.2, -0.15) is 0 Å². The van der Waals surface area contributed by atoms with Gasteiger partial charge in [-0.15, -0.1) is 0 Å². The van der Waals surface area contributed by atoms with Crippen LogP contribution in [0.5, 0.6) is 0 Å². The SMILES string of the molecule is C=C(C)/C(C)=C/OC. The standard InChI is InChI=1S/C7H12O/c1-6(2)7(3)5-8-4/h5H,1H2,2-4H3/b7-5+. The third-order valence-electron chi connectivity index (χ3n) is 0.968. The highest BCUT2D eigenvalue weighted by Crippen LogP contribution is 2.03. The van der Waals surface area contributed by atoms with E-state index in [1.807, 2.05) is 13.8 Å². The fraction of sp³-hybridized carbons (Fsp3) is 0.429. The predicted octanol–water partition coefficient (Wildman–Crippen LogP) is 2.11. The Balaban J connectivity index is 3.80. The average Bonchev–Trinajstić information content (AvgIpc) is 1.67. The maximum atomic E-state index is 4.74. The zero-order chi connectivity index (χ0) is 6.57.